The monoisotopic (exact) mass is 417 g/mol. The second-order valence-corrected chi connectivity index (χ2v) is 8.34. The minimum atomic E-state index is -0.457. The number of fused-ring (bicyclic) bond motifs is 3. The van der Waals surface area contributed by atoms with Crippen molar-refractivity contribution in [1.29, 1.82) is 0 Å². The maximum atomic E-state index is 12.7. The van der Waals surface area contributed by atoms with Gasteiger partial charge in [-0.05, 0) is 60.6 Å². The smallest absolute Gasteiger partial charge is 0.228 e. The van der Waals surface area contributed by atoms with Crippen LogP contribution in [0.2, 0.25) is 0 Å². The maximum absolute atomic E-state index is 12.7. The summed E-state index contributed by atoms with van der Waals surface area (Å²) in [4.78, 5) is 51.3. The van der Waals surface area contributed by atoms with E-state index in [2.05, 4.69) is 4.90 Å². The Hall–Kier alpha value is -3.08. The molecule has 0 radical (unpaired) electrons. The Morgan fingerprint density at radius 2 is 1.39 bits per heavy atom. The van der Waals surface area contributed by atoms with Gasteiger partial charge in [0, 0.05) is 48.3 Å². The summed E-state index contributed by atoms with van der Waals surface area (Å²) in [7, 11) is 0. The van der Waals surface area contributed by atoms with Crippen molar-refractivity contribution in [2.75, 3.05) is 18.0 Å². The molecular formula is C26H27NO4. The molecule has 1 fully saturated rings. The molecule has 0 saturated carbocycles. The summed E-state index contributed by atoms with van der Waals surface area (Å²) in [6.07, 6.45) is 4.34. The Bertz CT molecular complexity index is 1090. The standard InChI is InChI=1S/C26H27NO4/c1-3-22(28)25(30)16-8-9-20-17(12-16)13-18-14-19(26(31)23(29)4-2)15-21(24(18)20)27-10-6-5-7-11-27/h8-9,12,14-15H,3-7,10-11,13H2,1-2H3. The topological polar surface area (TPSA) is 71.5 Å². The Morgan fingerprint density at radius 1 is 0.774 bits per heavy atom. The second kappa shape index (κ2) is 8.58. The van der Waals surface area contributed by atoms with Crippen LogP contribution in [0.1, 0.15) is 77.8 Å². The summed E-state index contributed by atoms with van der Waals surface area (Å²) in [5, 5.41) is 0. The molecule has 31 heavy (non-hydrogen) atoms. The zero-order valence-electron chi connectivity index (χ0n) is 18.1. The number of carbonyl (C=O) groups is 4. The Morgan fingerprint density at radius 3 is 2.03 bits per heavy atom. The van der Waals surface area contributed by atoms with E-state index in [1.165, 1.54) is 6.42 Å². The summed E-state index contributed by atoms with van der Waals surface area (Å²) in [5.41, 5.74) is 5.94. The summed E-state index contributed by atoms with van der Waals surface area (Å²) in [6, 6.07) is 9.16. The van der Waals surface area contributed by atoms with Crippen molar-refractivity contribution < 1.29 is 19.2 Å². The molecule has 0 unspecified atom stereocenters. The molecule has 1 heterocycles. The Labute approximate surface area is 182 Å². The number of benzene rings is 2. The number of hydrogen-bond acceptors (Lipinski definition) is 5. The predicted molar refractivity (Wildman–Crippen MR) is 120 cm³/mol. The van der Waals surface area contributed by atoms with Crippen LogP contribution in [-0.2, 0) is 16.0 Å². The average molecular weight is 418 g/mol. The second-order valence-electron chi connectivity index (χ2n) is 8.34. The van der Waals surface area contributed by atoms with Crippen molar-refractivity contribution >= 4 is 28.8 Å². The van der Waals surface area contributed by atoms with Gasteiger partial charge in [0.1, 0.15) is 0 Å². The van der Waals surface area contributed by atoms with Crippen molar-refractivity contribution in [3.8, 4) is 11.1 Å². The molecule has 5 heteroatoms. The number of piperidine rings is 1. The van der Waals surface area contributed by atoms with Crippen LogP contribution in [0.3, 0.4) is 0 Å². The van der Waals surface area contributed by atoms with E-state index in [9.17, 15) is 19.2 Å². The van der Waals surface area contributed by atoms with Gasteiger partial charge in [0.05, 0.1) is 0 Å². The molecule has 0 atom stereocenters. The zero-order chi connectivity index (χ0) is 22.1. The van der Waals surface area contributed by atoms with Crippen LogP contribution in [0, 0.1) is 0 Å². The van der Waals surface area contributed by atoms with E-state index in [1.54, 1.807) is 19.9 Å². The third-order valence-electron chi connectivity index (χ3n) is 6.32. The van der Waals surface area contributed by atoms with Crippen LogP contribution >= 0.6 is 0 Å². The Balaban J connectivity index is 1.81. The molecule has 1 aliphatic carbocycles. The quantitative estimate of drug-likeness (QED) is 0.416. The van der Waals surface area contributed by atoms with Gasteiger partial charge < -0.3 is 4.90 Å². The van der Waals surface area contributed by atoms with Crippen LogP contribution in [0.5, 0.6) is 0 Å². The van der Waals surface area contributed by atoms with E-state index in [0.717, 1.165) is 53.9 Å². The molecule has 0 amide bonds. The van der Waals surface area contributed by atoms with Crippen LogP contribution in [0.15, 0.2) is 30.3 Å². The van der Waals surface area contributed by atoms with E-state index < -0.39 is 17.3 Å². The molecule has 0 bridgehead atoms. The molecule has 2 aromatic rings. The highest BCUT2D eigenvalue weighted by Gasteiger charge is 2.29. The lowest BCUT2D eigenvalue weighted by Crippen LogP contribution is -2.30. The van der Waals surface area contributed by atoms with Crippen LogP contribution in [0.25, 0.3) is 11.1 Å². The number of rotatable bonds is 7. The van der Waals surface area contributed by atoms with Crippen molar-refractivity contribution in [3.63, 3.8) is 0 Å². The summed E-state index contributed by atoms with van der Waals surface area (Å²) < 4.78 is 0. The number of nitrogens with zero attached hydrogens (tertiary/aromatic N) is 1. The lowest BCUT2D eigenvalue weighted by atomic mass is 9.95. The van der Waals surface area contributed by atoms with Crippen molar-refractivity contribution in [2.45, 2.75) is 52.4 Å². The van der Waals surface area contributed by atoms with Gasteiger partial charge in [-0.1, -0.05) is 26.0 Å². The highest BCUT2D eigenvalue weighted by atomic mass is 16.2. The normalized spacial score (nSPS) is 14.7. The zero-order valence-corrected chi connectivity index (χ0v) is 18.1. The fourth-order valence-corrected chi connectivity index (χ4v) is 4.62. The molecule has 5 nitrogen and oxygen atoms in total. The van der Waals surface area contributed by atoms with Crippen molar-refractivity contribution in [3.05, 3.63) is 52.6 Å². The lowest BCUT2D eigenvalue weighted by Gasteiger charge is -2.31. The van der Waals surface area contributed by atoms with Crippen molar-refractivity contribution in [1.82, 2.24) is 0 Å². The molecule has 160 valence electrons. The highest BCUT2D eigenvalue weighted by molar-refractivity contribution is 6.44. The lowest BCUT2D eigenvalue weighted by molar-refractivity contribution is -0.115. The van der Waals surface area contributed by atoms with Gasteiger partial charge in [-0.25, -0.2) is 0 Å². The first-order chi connectivity index (χ1) is 14.9. The minimum Gasteiger partial charge on any atom is -0.371 e. The minimum absolute atomic E-state index is 0.187. The first kappa shape index (κ1) is 21.2. The van der Waals surface area contributed by atoms with Gasteiger partial charge in [-0.2, -0.15) is 0 Å². The van der Waals surface area contributed by atoms with E-state index in [4.69, 9.17) is 0 Å². The predicted octanol–water partition coefficient (Wildman–Crippen LogP) is 4.57. The van der Waals surface area contributed by atoms with E-state index in [-0.39, 0.29) is 18.6 Å². The van der Waals surface area contributed by atoms with Gasteiger partial charge in [-0.15, -0.1) is 0 Å². The highest BCUT2D eigenvalue weighted by Crippen LogP contribution is 2.44. The Kier molecular flexibility index (Phi) is 5.86. The number of anilines is 1. The maximum Gasteiger partial charge on any atom is 0.228 e. The van der Waals surface area contributed by atoms with Gasteiger partial charge in [0.25, 0.3) is 0 Å². The first-order valence-electron chi connectivity index (χ1n) is 11.1. The molecular weight excluding hydrogens is 390 g/mol. The SMILES string of the molecule is CCC(=O)C(=O)c1ccc2c(c1)Cc1cc(C(=O)C(=O)CC)cc(N3CCCCC3)c1-2. The number of ketones is 4. The third kappa shape index (κ3) is 3.85. The molecule has 0 aromatic heterocycles. The molecule has 2 aromatic carbocycles. The van der Waals surface area contributed by atoms with E-state index in [0.29, 0.717) is 17.5 Å². The molecule has 1 aliphatic heterocycles. The fraction of sp³-hybridized carbons (Fsp3) is 0.385. The number of Topliss-reactive ketones (excluding diaryl/α,β-unsaturated/α-hetero) is 4. The van der Waals surface area contributed by atoms with Gasteiger partial charge >= 0.3 is 0 Å². The average Bonchev–Trinajstić information content (AvgIpc) is 3.19. The van der Waals surface area contributed by atoms with Gasteiger partial charge in [0.2, 0.25) is 23.1 Å². The van der Waals surface area contributed by atoms with Gasteiger partial charge in [0.15, 0.2) is 0 Å². The number of carbonyl (C=O) groups excluding carboxylic acids is 4. The van der Waals surface area contributed by atoms with E-state index in [1.807, 2.05) is 24.3 Å². The largest absolute Gasteiger partial charge is 0.371 e. The molecule has 4 rings (SSSR count). The fourth-order valence-electron chi connectivity index (χ4n) is 4.62. The molecule has 2 aliphatic rings. The van der Waals surface area contributed by atoms with Gasteiger partial charge in [-0.3, -0.25) is 19.2 Å². The third-order valence-corrected chi connectivity index (χ3v) is 6.32. The van der Waals surface area contributed by atoms with Crippen LogP contribution in [0.4, 0.5) is 5.69 Å². The first-order valence-corrected chi connectivity index (χ1v) is 11.1. The van der Waals surface area contributed by atoms with E-state index >= 15 is 0 Å². The molecule has 0 spiro atoms. The van der Waals surface area contributed by atoms with Crippen molar-refractivity contribution in [2.24, 2.45) is 0 Å². The summed E-state index contributed by atoms with van der Waals surface area (Å²) >= 11 is 0. The summed E-state index contributed by atoms with van der Waals surface area (Å²) in [5.74, 6) is -1.67. The molecule has 0 N–H and O–H groups in total. The molecule has 1 saturated heterocycles. The van der Waals surface area contributed by atoms with Crippen LogP contribution < -0.4 is 4.90 Å². The summed E-state index contributed by atoms with van der Waals surface area (Å²) in [6.45, 7) is 5.22. The number of hydrogen-bond donors (Lipinski definition) is 0. The van der Waals surface area contributed by atoms with Crippen LogP contribution in [-0.4, -0.2) is 36.2 Å².